The third-order valence-electron chi connectivity index (χ3n) is 7.26. The Hall–Kier alpha value is -6.28. The first kappa shape index (κ1) is 50.7. The van der Waals surface area contributed by atoms with Gasteiger partial charge in [0.2, 0.25) is 17.6 Å². The van der Waals surface area contributed by atoms with E-state index < -0.39 is 5.97 Å². The minimum Gasteiger partial charge on any atom is -0.470 e. The van der Waals surface area contributed by atoms with Crippen molar-refractivity contribution in [2.24, 2.45) is 16.6 Å². The second-order valence-corrected chi connectivity index (χ2v) is 15.6. The van der Waals surface area contributed by atoms with Gasteiger partial charge in [0.1, 0.15) is 36.0 Å². The quantitative estimate of drug-likeness (QED) is 0.0969. The van der Waals surface area contributed by atoms with Crippen molar-refractivity contribution in [1.82, 2.24) is 19.9 Å². The Labute approximate surface area is 354 Å². The molecule has 0 aliphatic heterocycles. The van der Waals surface area contributed by atoms with Crippen molar-refractivity contribution in [3.63, 3.8) is 0 Å². The molecule has 15 nitrogen and oxygen atoms in total. The lowest BCUT2D eigenvalue weighted by atomic mass is 9.90. The summed E-state index contributed by atoms with van der Waals surface area (Å²) in [6.07, 6.45) is 8.75. The van der Waals surface area contributed by atoms with E-state index >= 15 is 0 Å². The van der Waals surface area contributed by atoms with Gasteiger partial charge >= 0.3 is 5.97 Å². The van der Waals surface area contributed by atoms with Crippen LogP contribution >= 0.6 is 15.9 Å². The molecule has 0 atom stereocenters. The monoisotopic (exact) mass is 870 g/mol. The Bertz CT molecular complexity index is 1990. The van der Waals surface area contributed by atoms with Crippen molar-refractivity contribution in [3.8, 4) is 35.8 Å². The Balaban J connectivity index is 0.000000404. The highest BCUT2D eigenvalue weighted by Crippen LogP contribution is 2.21. The highest BCUT2D eigenvalue weighted by Gasteiger charge is 2.14. The van der Waals surface area contributed by atoms with E-state index in [0.717, 1.165) is 23.0 Å². The molecular weight excluding hydrogens is 820 g/mol. The van der Waals surface area contributed by atoms with Crippen molar-refractivity contribution in [1.29, 1.82) is 15.8 Å². The van der Waals surface area contributed by atoms with Gasteiger partial charge in [-0.05, 0) is 69.4 Å². The van der Waals surface area contributed by atoms with Gasteiger partial charge in [0.15, 0.2) is 18.2 Å². The summed E-state index contributed by atoms with van der Waals surface area (Å²) in [7, 11) is 1.28. The molecule has 4 heterocycles. The zero-order valence-electron chi connectivity index (χ0n) is 34.5. The third-order valence-corrected chi connectivity index (χ3v) is 7.73. The fourth-order valence-electron chi connectivity index (χ4n) is 3.80. The van der Waals surface area contributed by atoms with E-state index in [4.69, 9.17) is 35.7 Å². The Morgan fingerprint density at radius 1 is 0.610 bits per heavy atom. The van der Waals surface area contributed by atoms with E-state index in [1.807, 2.05) is 24.3 Å². The van der Waals surface area contributed by atoms with Crippen LogP contribution in [0.1, 0.15) is 89.5 Å². The van der Waals surface area contributed by atoms with Gasteiger partial charge in [-0.25, -0.2) is 24.7 Å². The van der Waals surface area contributed by atoms with E-state index in [9.17, 15) is 14.4 Å². The lowest BCUT2D eigenvalue weighted by Crippen LogP contribution is -2.15. The average Bonchev–Trinajstić information content (AvgIpc) is 3.23. The number of halogens is 1. The van der Waals surface area contributed by atoms with Gasteiger partial charge in [-0.3, -0.25) is 9.59 Å². The molecule has 59 heavy (non-hydrogen) atoms. The van der Waals surface area contributed by atoms with Crippen LogP contribution in [-0.4, -0.2) is 64.4 Å². The number of carbonyl (C=O) groups excluding carboxylic acids is 3. The van der Waals surface area contributed by atoms with Crippen molar-refractivity contribution in [2.75, 3.05) is 26.9 Å². The second kappa shape index (κ2) is 27.4. The van der Waals surface area contributed by atoms with E-state index in [1.54, 1.807) is 42.6 Å². The number of nitrogens with zero attached hydrogens (tertiary/aromatic N) is 7. The smallest absolute Gasteiger partial charge is 0.343 e. The highest BCUT2D eigenvalue weighted by atomic mass is 79.9. The number of nitrogens with two attached hydrogens (primary N) is 1. The summed E-state index contributed by atoms with van der Waals surface area (Å²) >= 11 is 3.15. The van der Waals surface area contributed by atoms with Crippen LogP contribution in [0.3, 0.4) is 0 Å². The predicted octanol–water partition coefficient (Wildman–Crippen LogP) is 7.26. The molecule has 0 spiro atoms. The van der Waals surface area contributed by atoms with Crippen LogP contribution in [-0.2, 0) is 25.7 Å². The van der Waals surface area contributed by atoms with Crippen molar-refractivity contribution in [3.05, 3.63) is 100 Å². The molecule has 312 valence electrons. The molecule has 0 saturated carbocycles. The molecule has 4 aromatic heterocycles. The van der Waals surface area contributed by atoms with Gasteiger partial charge in [-0.15, -0.1) is 0 Å². The van der Waals surface area contributed by atoms with Crippen LogP contribution in [0.15, 0.2) is 77.9 Å². The van der Waals surface area contributed by atoms with E-state index in [2.05, 4.69) is 82.1 Å². The van der Waals surface area contributed by atoms with Crippen molar-refractivity contribution < 1.29 is 33.3 Å². The third kappa shape index (κ3) is 25.6. The number of aromatic nitrogens is 4. The van der Waals surface area contributed by atoms with Crippen LogP contribution in [0.5, 0.6) is 17.6 Å². The standard InChI is InChI=1S/C14H22N2O2.C14H18N2O2.C9H8N2O3.C6H3BrN2/c2*1-14(2,3)7-6-12(17)10-18-13-5-4-11(8-15)9-16-13;1-13-9(12)6-14-8-3-2-7(4-10)5-11-8;7-6-2-1-5(3-8)4-9-6/h4-5,9H,6-8,10,15H2,1-3H3;4-5,9H,6-7,10H2,1-3H3;2-3,5H,6H2,1H3;1-2,4H. The number of Topliss-reactive ketones (excluding diaryl/α,β-unsaturated/α-hetero) is 2. The maximum atomic E-state index is 11.6. The molecule has 4 aromatic rings. The van der Waals surface area contributed by atoms with E-state index in [1.165, 1.54) is 31.8 Å². The van der Waals surface area contributed by atoms with Gasteiger partial charge < -0.3 is 24.7 Å². The summed E-state index contributed by atoms with van der Waals surface area (Å²) in [6.45, 7) is 13.1. The number of ether oxygens (including phenoxy) is 4. The molecule has 4 rings (SSSR count). The molecule has 16 heteroatoms. The zero-order valence-corrected chi connectivity index (χ0v) is 36.1. The minimum absolute atomic E-state index is 0.0367. The number of hydrogen-bond acceptors (Lipinski definition) is 15. The number of methoxy groups -OCH3 is 1. The second-order valence-electron chi connectivity index (χ2n) is 14.8. The molecule has 0 fully saturated rings. The zero-order chi connectivity index (χ0) is 44.3. The molecule has 0 amide bonds. The fraction of sp³-hybridized carbons (Fsp3) is 0.395. The first-order valence-corrected chi connectivity index (χ1v) is 19.1. The summed E-state index contributed by atoms with van der Waals surface area (Å²) in [5, 5.41) is 25.4. The first-order chi connectivity index (χ1) is 27.9. The van der Waals surface area contributed by atoms with E-state index in [-0.39, 0.29) is 48.1 Å². The van der Waals surface area contributed by atoms with E-state index in [0.29, 0.717) is 47.8 Å². The van der Waals surface area contributed by atoms with Gasteiger partial charge in [-0.1, -0.05) is 47.6 Å². The minimum atomic E-state index is -0.476. The molecule has 0 aromatic carbocycles. The van der Waals surface area contributed by atoms with Crippen molar-refractivity contribution in [2.45, 2.75) is 73.8 Å². The van der Waals surface area contributed by atoms with Crippen LogP contribution in [0.4, 0.5) is 0 Å². The molecular formula is C43H51BrN8O7. The van der Waals surface area contributed by atoms with Gasteiger partial charge in [0.05, 0.1) is 23.8 Å². The number of nitriles is 3. The first-order valence-electron chi connectivity index (χ1n) is 18.3. The lowest BCUT2D eigenvalue weighted by molar-refractivity contribution is -0.143. The summed E-state index contributed by atoms with van der Waals surface area (Å²) in [6, 6.07) is 19.2. The summed E-state index contributed by atoms with van der Waals surface area (Å²) in [5.41, 5.74) is 8.24. The predicted molar refractivity (Wildman–Crippen MR) is 223 cm³/mol. The molecule has 0 saturated heterocycles. The number of carbonyl (C=O) groups is 3. The number of ketones is 2. The Morgan fingerprint density at radius 3 is 1.31 bits per heavy atom. The van der Waals surface area contributed by atoms with Crippen LogP contribution in [0, 0.1) is 44.8 Å². The lowest BCUT2D eigenvalue weighted by Gasteiger charge is -2.16. The summed E-state index contributed by atoms with van der Waals surface area (Å²) < 4.78 is 20.7. The Morgan fingerprint density at radius 2 is 1.00 bits per heavy atom. The van der Waals surface area contributed by atoms with Crippen LogP contribution < -0.4 is 19.9 Å². The van der Waals surface area contributed by atoms with Crippen LogP contribution in [0.25, 0.3) is 0 Å². The fourth-order valence-corrected chi connectivity index (χ4v) is 4.03. The topological polar surface area (TPSA) is 237 Å². The largest absolute Gasteiger partial charge is 0.470 e. The van der Waals surface area contributed by atoms with Crippen molar-refractivity contribution >= 4 is 33.5 Å². The summed E-state index contributed by atoms with van der Waals surface area (Å²) in [4.78, 5) is 49.5. The number of rotatable bonds is 14. The van der Waals surface area contributed by atoms with Gasteiger partial charge in [0.25, 0.3) is 0 Å². The molecule has 2 N–H and O–H groups in total. The molecule has 0 aliphatic carbocycles. The Kier molecular flexibility index (Phi) is 23.5. The highest BCUT2D eigenvalue weighted by molar-refractivity contribution is 9.10. The average molecular weight is 872 g/mol. The molecule has 0 bridgehead atoms. The number of hydrogen-bond donors (Lipinski definition) is 1. The van der Waals surface area contributed by atoms with Gasteiger partial charge in [0, 0.05) is 62.4 Å². The summed E-state index contributed by atoms with van der Waals surface area (Å²) in [5.74, 6) is 0.825. The van der Waals surface area contributed by atoms with Crippen LogP contribution in [0.2, 0.25) is 0 Å². The maximum absolute atomic E-state index is 11.6. The number of esters is 1. The SMILES string of the molecule is CC(C)(C)CCC(=O)COc1ccc(C#N)cn1.CC(C)(C)CCC(=O)COc1ccc(CN)cn1.COC(=O)COc1ccc(C#N)cn1.N#Cc1ccc(Br)nc1. The normalized spacial score (nSPS) is 10.1. The molecule has 0 radical (unpaired) electrons. The van der Waals surface area contributed by atoms with Gasteiger partial charge in [-0.2, -0.15) is 15.8 Å². The number of pyridine rings is 4. The molecule has 0 unspecified atom stereocenters. The maximum Gasteiger partial charge on any atom is 0.343 e. The molecule has 0 aliphatic rings.